The van der Waals surface area contributed by atoms with Gasteiger partial charge in [0.1, 0.15) is 0 Å². The van der Waals surface area contributed by atoms with Crippen molar-refractivity contribution in [2.75, 3.05) is 24.5 Å². The Morgan fingerprint density at radius 2 is 2.00 bits per heavy atom. The van der Waals surface area contributed by atoms with Crippen LogP contribution in [0.1, 0.15) is 40.5 Å². The van der Waals surface area contributed by atoms with Crippen LogP contribution in [0.3, 0.4) is 0 Å². The minimum absolute atomic E-state index is 0.0122. The lowest BCUT2D eigenvalue weighted by molar-refractivity contribution is 0.400. The zero-order valence-electron chi connectivity index (χ0n) is 13.7. The monoisotopic (exact) mass is 292 g/mol. The van der Waals surface area contributed by atoms with Crippen LogP contribution in [0.2, 0.25) is 0 Å². The number of aromatic nitrogens is 2. The van der Waals surface area contributed by atoms with E-state index in [1.54, 1.807) is 6.07 Å². The van der Waals surface area contributed by atoms with Gasteiger partial charge in [-0.1, -0.05) is 6.92 Å². The van der Waals surface area contributed by atoms with E-state index < -0.39 is 0 Å². The lowest BCUT2D eigenvalue weighted by Crippen LogP contribution is -2.39. The Hall–Kier alpha value is -1.36. The van der Waals surface area contributed by atoms with Crippen molar-refractivity contribution in [3.8, 4) is 0 Å². The first-order chi connectivity index (χ1) is 9.85. The molecule has 1 aliphatic rings. The summed E-state index contributed by atoms with van der Waals surface area (Å²) in [6.07, 6.45) is 4.21. The van der Waals surface area contributed by atoms with E-state index in [1.807, 2.05) is 6.20 Å². The van der Waals surface area contributed by atoms with E-state index in [-0.39, 0.29) is 11.1 Å². The summed E-state index contributed by atoms with van der Waals surface area (Å²) >= 11 is 0. The molecule has 0 aliphatic carbocycles. The van der Waals surface area contributed by atoms with E-state index in [4.69, 9.17) is 0 Å². The zero-order chi connectivity index (χ0) is 15.5. The van der Waals surface area contributed by atoms with Crippen molar-refractivity contribution in [3.63, 3.8) is 0 Å². The second kappa shape index (κ2) is 6.60. The van der Waals surface area contributed by atoms with Crippen LogP contribution in [0.5, 0.6) is 0 Å². The van der Waals surface area contributed by atoms with Crippen LogP contribution in [0.25, 0.3) is 0 Å². The third-order valence-corrected chi connectivity index (χ3v) is 3.98. The van der Waals surface area contributed by atoms with Gasteiger partial charge in [0, 0.05) is 31.2 Å². The third kappa shape index (κ3) is 4.84. The second-order valence-electron chi connectivity index (χ2n) is 7.12. The average molecular weight is 292 g/mol. The van der Waals surface area contributed by atoms with Gasteiger partial charge in [-0.15, -0.1) is 0 Å². The highest BCUT2D eigenvalue weighted by Gasteiger charge is 2.17. The second-order valence-corrected chi connectivity index (χ2v) is 7.12. The predicted molar refractivity (Wildman–Crippen MR) is 86.9 cm³/mol. The Labute approximate surface area is 127 Å². The molecule has 1 fully saturated rings. The largest absolute Gasteiger partial charge is 0.370 e. The van der Waals surface area contributed by atoms with Gasteiger partial charge < -0.3 is 10.2 Å². The average Bonchev–Trinajstić information content (AvgIpc) is 2.40. The van der Waals surface area contributed by atoms with Crippen molar-refractivity contribution in [3.05, 3.63) is 22.6 Å². The van der Waals surface area contributed by atoms with Crippen molar-refractivity contribution < 1.29 is 0 Å². The Balaban J connectivity index is 1.96. The van der Waals surface area contributed by atoms with E-state index in [0.717, 1.165) is 31.2 Å². The van der Waals surface area contributed by atoms with Gasteiger partial charge in [0.25, 0.3) is 5.56 Å². The topological polar surface area (TPSA) is 50.2 Å². The molecule has 0 saturated carbocycles. The molecule has 0 spiro atoms. The van der Waals surface area contributed by atoms with Gasteiger partial charge in [-0.3, -0.25) is 4.79 Å². The van der Waals surface area contributed by atoms with Gasteiger partial charge in [0.2, 0.25) is 0 Å². The molecular weight excluding hydrogens is 264 g/mol. The Bertz CT molecular complexity index is 510. The summed E-state index contributed by atoms with van der Waals surface area (Å²) in [6, 6.07) is 1.72. The summed E-state index contributed by atoms with van der Waals surface area (Å²) in [5.41, 5.74) is 1.02. The molecule has 2 heterocycles. The Morgan fingerprint density at radius 1 is 1.33 bits per heavy atom. The lowest BCUT2D eigenvalue weighted by atomic mass is 9.99. The molecule has 1 aliphatic heterocycles. The first kappa shape index (κ1) is 16.0. The van der Waals surface area contributed by atoms with Crippen molar-refractivity contribution in [1.29, 1.82) is 0 Å². The SMILES string of the molecule is CC1CCN(c2cnn(CCNC(C)(C)C)c(=O)c2)CC1. The summed E-state index contributed by atoms with van der Waals surface area (Å²) in [5, 5.41) is 7.68. The molecule has 5 heteroatoms. The van der Waals surface area contributed by atoms with Crippen LogP contribution in [0.4, 0.5) is 5.69 Å². The minimum atomic E-state index is -0.0122. The van der Waals surface area contributed by atoms with Crippen LogP contribution in [-0.2, 0) is 6.54 Å². The standard InChI is InChI=1S/C16H28N4O/c1-13-5-8-19(9-6-13)14-11-15(21)20(18-12-14)10-7-17-16(2,3)4/h11-13,17H,5-10H2,1-4H3. The number of hydrogen-bond donors (Lipinski definition) is 1. The summed E-state index contributed by atoms with van der Waals surface area (Å²) in [5.74, 6) is 0.790. The molecule has 1 saturated heterocycles. The van der Waals surface area contributed by atoms with Crippen LogP contribution in [-0.4, -0.2) is 35.0 Å². The van der Waals surface area contributed by atoms with E-state index in [2.05, 4.69) is 43.0 Å². The molecule has 1 N–H and O–H groups in total. The van der Waals surface area contributed by atoms with Gasteiger partial charge >= 0.3 is 0 Å². The molecular formula is C16H28N4O. The summed E-state index contributed by atoms with van der Waals surface area (Å²) in [4.78, 5) is 14.4. The van der Waals surface area contributed by atoms with E-state index in [1.165, 1.54) is 17.5 Å². The van der Waals surface area contributed by atoms with Gasteiger partial charge in [0.15, 0.2) is 0 Å². The van der Waals surface area contributed by atoms with Crippen molar-refractivity contribution in [1.82, 2.24) is 15.1 Å². The molecule has 0 aromatic carbocycles. The number of piperidine rings is 1. The van der Waals surface area contributed by atoms with E-state index in [9.17, 15) is 4.79 Å². The van der Waals surface area contributed by atoms with Gasteiger partial charge in [-0.25, -0.2) is 4.68 Å². The highest BCUT2D eigenvalue weighted by atomic mass is 16.1. The molecule has 5 nitrogen and oxygen atoms in total. The highest BCUT2D eigenvalue weighted by molar-refractivity contribution is 5.43. The van der Waals surface area contributed by atoms with Crippen LogP contribution in [0, 0.1) is 5.92 Å². The number of anilines is 1. The fourth-order valence-corrected chi connectivity index (χ4v) is 2.57. The molecule has 0 radical (unpaired) electrons. The summed E-state index contributed by atoms with van der Waals surface area (Å²) < 4.78 is 1.54. The molecule has 1 aromatic rings. The molecule has 0 amide bonds. The highest BCUT2D eigenvalue weighted by Crippen LogP contribution is 2.20. The number of nitrogens with one attached hydrogen (secondary N) is 1. The van der Waals surface area contributed by atoms with Crippen LogP contribution in [0.15, 0.2) is 17.1 Å². The van der Waals surface area contributed by atoms with E-state index in [0.29, 0.717) is 6.54 Å². The summed E-state index contributed by atoms with van der Waals surface area (Å²) in [6.45, 7) is 12.0. The molecule has 1 aromatic heterocycles. The van der Waals surface area contributed by atoms with Crippen molar-refractivity contribution >= 4 is 5.69 Å². The fraction of sp³-hybridized carbons (Fsp3) is 0.750. The quantitative estimate of drug-likeness (QED) is 0.920. The van der Waals surface area contributed by atoms with Crippen molar-refractivity contribution in [2.45, 2.75) is 52.6 Å². The molecule has 118 valence electrons. The van der Waals surface area contributed by atoms with Crippen LogP contribution >= 0.6 is 0 Å². The maximum absolute atomic E-state index is 12.1. The molecule has 0 unspecified atom stereocenters. The lowest BCUT2D eigenvalue weighted by Gasteiger charge is -2.31. The normalized spacial score (nSPS) is 17.2. The molecule has 21 heavy (non-hydrogen) atoms. The maximum Gasteiger partial charge on any atom is 0.268 e. The first-order valence-corrected chi connectivity index (χ1v) is 7.92. The van der Waals surface area contributed by atoms with E-state index >= 15 is 0 Å². The number of rotatable bonds is 4. The smallest absolute Gasteiger partial charge is 0.268 e. The molecule has 0 atom stereocenters. The van der Waals surface area contributed by atoms with Gasteiger partial charge in [0.05, 0.1) is 18.4 Å². The Morgan fingerprint density at radius 3 is 2.57 bits per heavy atom. The molecule has 2 rings (SSSR count). The van der Waals surface area contributed by atoms with Crippen LogP contribution < -0.4 is 15.8 Å². The number of hydrogen-bond acceptors (Lipinski definition) is 4. The number of nitrogens with zero attached hydrogens (tertiary/aromatic N) is 3. The van der Waals surface area contributed by atoms with Gasteiger partial charge in [-0.2, -0.15) is 5.10 Å². The maximum atomic E-state index is 12.1. The Kier molecular flexibility index (Phi) is 5.04. The summed E-state index contributed by atoms with van der Waals surface area (Å²) in [7, 11) is 0. The van der Waals surface area contributed by atoms with Gasteiger partial charge in [-0.05, 0) is 39.5 Å². The first-order valence-electron chi connectivity index (χ1n) is 7.92. The third-order valence-electron chi connectivity index (χ3n) is 3.98. The van der Waals surface area contributed by atoms with Crippen molar-refractivity contribution in [2.24, 2.45) is 5.92 Å². The zero-order valence-corrected chi connectivity index (χ0v) is 13.7. The predicted octanol–water partition coefficient (Wildman–Crippen LogP) is 1.87. The minimum Gasteiger partial charge on any atom is -0.370 e. The molecule has 0 bridgehead atoms. The fourth-order valence-electron chi connectivity index (χ4n) is 2.57.